The van der Waals surface area contributed by atoms with Gasteiger partial charge in [0.25, 0.3) is 5.91 Å². The Morgan fingerprint density at radius 3 is 2.17 bits per heavy atom. The van der Waals surface area contributed by atoms with Gasteiger partial charge in [0.2, 0.25) is 0 Å². The van der Waals surface area contributed by atoms with Gasteiger partial charge in [-0.25, -0.2) is 4.39 Å². The number of amides is 1. The number of hydrogen-bond acceptors (Lipinski definition) is 3. The summed E-state index contributed by atoms with van der Waals surface area (Å²) in [4.78, 5) is 24.4. The van der Waals surface area contributed by atoms with E-state index in [1.165, 1.54) is 24.3 Å². The molecule has 0 aliphatic heterocycles. The van der Waals surface area contributed by atoms with Crippen molar-refractivity contribution in [2.45, 2.75) is 12.5 Å². The van der Waals surface area contributed by atoms with Crippen LogP contribution in [0.1, 0.15) is 22.7 Å². The predicted molar refractivity (Wildman–Crippen MR) is 109 cm³/mol. The lowest BCUT2D eigenvalue weighted by atomic mass is 9.99. The third kappa shape index (κ3) is 6.16. The fourth-order valence-corrected chi connectivity index (χ4v) is 2.95. The number of carbonyl (C=O) groups excluding carboxylic acids is 2. The van der Waals surface area contributed by atoms with Gasteiger partial charge < -0.3 is 10.1 Å². The molecular formula is C23H19ClFNO3. The molecule has 0 saturated carbocycles. The van der Waals surface area contributed by atoms with E-state index in [4.69, 9.17) is 16.3 Å². The summed E-state index contributed by atoms with van der Waals surface area (Å²) in [6.45, 7) is -0.406. The van der Waals surface area contributed by atoms with Crippen LogP contribution in [-0.4, -0.2) is 18.5 Å². The van der Waals surface area contributed by atoms with Gasteiger partial charge in [0.15, 0.2) is 6.61 Å². The highest BCUT2D eigenvalue weighted by Crippen LogP contribution is 2.23. The highest BCUT2D eigenvalue weighted by molar-refractivity contribution is 6.30. The fraction of sp³-hybridized carbons (Fsp3) is 0.130. The Labute approximate surface area is 173 Å². The van der Waals surface area contributed by atoms with Crippen LogP contribution in [0.25, 0.3) is 0 Å². The molecule has 4 nitrogen and oxygen atoms in total. The predicted octanol–water partition coefficient (Wildman–Crippen LogP) is 4.47. The van der Waals surface area contributed by atoms with Crippen LogP contribution in [0.3, 0.4) is 0 Å². The van der Waals surface area contributed by atoms with Gasteiger partial charge in [-0.1, -0.05) is 66.2 Å². The summed E-state index contributed by atoms with van der Waals surface area (Å²) in [6.07, 6.45) is -0.0349. The molecule has 0 spiro atoms. The first-order chi connectivity index (χ1) is 14.0. The minimum absolute atomic E-state index is 0.0349. The monoisotopic (exact) mass is 411 g/mol. The maximum atomic E-state index is 12.9. The third-order valence-corrected chi connectivity index (χ3v) is 4.52. The molecule has 0 heterocycles. The number of ether oxygens (including phenoxy) is 1. The first-order valence-corrected chi connectivity index (χ1v) is 9.39. The van der Waals surface area contributed by atoms with Gasteiger partial charge in [0, 0.05) is 5.02 Å². The molecule has 3 aromatic carbocycles. The topological polar surface area (TPSA) is 55.4 Å². The highest BCUT2D eigenvalue weighted by Gasteiger charge is 2.18. The van der Waals surface area contributed by atoms with Crippen LogP contribution in [0.2, 0.25) is 5.02 Å². The Kier molecular flexibility index (Phi) is 6.98. The van der Waals surface area contributed by atoms with Crippen LogP contribution in [0.5, 0.6) is 0 Å². The molecule has 0 aromatic heterocycles. The van der Waals surface area contributed by atoms with E-state index in [1.54, 1.807) is 12.1 Å². The van der Waals surface area contributed by atoms with E-state index >= 15 is 0 Å². The Hall–Kier alpha value is -3.18. The van der Waals surface area contributed by atoms with Crippen LogP contribution >= 0.6 is 11.6 Å². The molecule has 1 amide bonds. The second-order valence-corrected chi connectivity index (χ2v) is 6.86. The normalized spacial score (nSPS) is 11.5. The second kappa shape index (κ2) is 9.85. The van der Waals surface area contributed by atoms with Gasteiger partial charge in [-0.15, -0.1) is 0 Å². The van der Waals surface area contributed by atoms with Crippen molar-refractivity contribution >= 4 is 23.5 Å². The van der Waals surface area contributed by atoms with Crippen LogP contribution in [0, 0.1) is 5.82 Å². The van der Waals surface area contributed by atoms with Gasteiger partial charge in [-0.3, -0.25) is 9.59 Å². The zero-order valence-electron chi connectivity index (χ0n) is 15.5. The zero-order valence-corrected chi connectivity index (χ0v) is 16.2. The molecular weight excluding hydrogens is 393 g/mol. The van der Waals surface area contributed by atoms with Crippen molar-refractivity contribution in [2.24, 2.45) is 0 Å². The third-order valence-electron chi connectivity index (χ3n) is 4.27. The van der Waals surface area contributed by atoms with Gasteiger partial charge in [-0.2, -0.15) is 0 Å². The van der Waals surface area contributed by atoms with E-state index in [1.807, 2.05) is 42.5 Å². The lowest BCUT2D eigenvalue weighted by Gasteiger charge is -2.20. The SMILES string of the molecule is O=C(COC(=O)Cc1ccc(F)cc1)NC(c1ccccc1)c1ccc(Cl)cc1. The number of rotatable bonds is 7. The van der Waals surface area contributed by atoms with Crippen molar-refractivity contribution in [2.75, 3.05) is 6.61 Å². The van der Waals surface area contributed by atoms with Gasteiger partial charge >= 0.3 is 5.97 Å². The first kappa shape index (κ1) is 20.6. The molecule has 0 radical (unpaired) electrons. The Balaban J connectivity index is 1.61. The fourth-order valence-electron chi connectivity index (χ4n) is 2.83. The molecule has 148 valence electrons. The van der Waals surface area contributed by atoms with Gasteiger partial charge in [0.05, 0.1) is 12.5 Å². The van der Waals surface area contributed by atoms with E-state index in [-0.39, 0.29) is 12.2 Å². The summed E-state index contributed by atoms with van der Waals surface area (Å²) in [5.74, 6) is -1.37. The molecule has 29 heavy (non-hydrogen) atoms. The summed E-state index contributed by atoms with van der Waals surface area (Å²) < 4.78 is 18.0. The van der Waals surface area contributed by atoms with E-state index < -0.39 is 24.5 Å². The Morgan fingerprint density at radius 2 is 1.52 bits per heavy atom. The van der Waals surface area contributed by atoms with E-state index in [0.29, 0.717) is 10.6 Å². The average molecular weight is 412 g/mol. The number of hydrogen-bond donors (Lipinski definition) is 1. The number of esters is 1. The Bertz CT molecular complexity index is 960. The summed E-state index contributed by atoms with van der Waals surface area (Å²) >= 11 is 5.96. The van der Waals surface area contributed by atoms with Crippen LogP contribution in [0.4, 0.5) is 4.39 Å². The smallest absolute Gasteiger partial charge is 0.310 e. The second-order valence-electron chi connectivity index (χ2n) is 6.43. The average Bonchev–Trinajstić information content (AvgIpc) is 2.73. The quantitative estimate of drug-likeness (QED) is 0.583. The van der Waals surface area contributed by atoms with E-state index in [0.717, 1.165) is 11.1 Å². The van der Waals surface area contributed by atoms with Gasteiger partial charge in [0.1, 0.15) is 5.82 Å². The van der Waals surface area contributed by atoms with Crippen LogP contribution < -0.4 is 5.32 Å². The molecule has 3 aromatic rings. The first-order valence-electron chi connectivity index (χ1n) is 9.01. The molecule has 0 saturated heterocycles. The number of nitrogens with one attached hydrogen (secondary N) is 1. The minimum atomic E-state index is -0.561. The molecule has 1 N–H and O–H groups in total. The lowest BCUT2D eigenvalue weighted by Crippen LogP contribution is -2.33. The van der Waals surface area contributed by atoms with Crippen molar-refractivity contribution in [3.8, 4) is 0 Å². The molecule has 0 bridgehead atoms. The van der Waals surface area contributed by atoms with Crippen molar-refractivity contribution in [1.82, 2.24) is 5.32 Å². The highest BCUT2D eigenvalue weighted by atomic mass is 35.5. The number of benzene rings is 3. The van der Waals surface area contributed by atoms with Crippen molar-refractivity contribution in [3.63, 3.8) is 0 Å². The lowest BCUT2D eigenvalue weighted by molar-refractivity contribution is -0.148. The summed E-state index contributed by atoms with van der Waals surface area (Å²) in [5, 5.41) is 3.49. The van der Waals surface area contributed by atoms with E-state index in [2.05, 4.69) is 5.32 Å². The maximum absolute atomic E-state index is 12.9. The summed E-state index contributed by atoms with van der Waals surface area (Å²) in [6, 6.07) is 21.8. The molecule has 0 aliphatic carbocycles. The summed E-state index contributed by atoms with van der Waals surface area (Å²) in [5.41, 5.74) is 2.35. The number of halogens is 2. The van der Waals surface area contributed by atoms with Crippen molar-refractivity contribution < 1.29 is 18.7 Å². The van der Waals surface area contributed by atoms with Crippen LogP contribution in [-0.2, 0) is 20.7 Å². The van der Waals surface area contributed by atoms with Gasteiger partial charge in [-0.05, 0) is 41.0 Å². The standard InChI is InChI=1S/C23H19ClFNO3/c24-19-10-8-18(9-11-19)23(17-4-2-1-3-5-17)26-21(27)15-29-22(28)14-16-6-12-20(25)13-7-16/h1-13,23H,14-15H2,(H,26,27). The largest absolute Gasteiger partial charge is 0.455 e. The molecule has 0 fully saturated rings. The minimum Gasteiger partial charge on any atom is -0.455 e. The summed E-state index contributed by atoms with van der Waals surface area (Å²) in [7, 11) is 0. The van der Waals surface area contributed by atoms with E-state index in [9.17, 15) is 14.0 Å². The number of carbonyl (C=O) groups is 2. The van der Waals surface area contributed by atoms with Crippen molar-refractivity contribution in [1.29, 1.82) is 0 Å². The van der Waals surface area contributed by atoms with Crippen molar-refractivity contribution in [3.05, 3.63) is 106 Å². The molecule has 1 atom stereocenters. The Morgan fingerprint density at radius 1 is 0.897 bits per heavy atom. The molecule has 1 unspecified atom stereocenters. The zero-order chi connectivity index (χ0) is 20.6. The molecule has 3 rings (SSSR count). The van der Waals surface area contributed by atoms with Crippen LogP contribution in [0.15, 0.2) is 78.9 Å². The maximum Gasteiger partial charge on any atom is 0.310 e. The molecule has 6 heteroatoms. The molecule has 0 aliphatic rings.